The minimum Gasteiger partial charge on any atom is -0.332 e. The van der Waals surface area contributed by atoms with Crippen LogP contribution in [0, 0.1) is 6.92 Å². The summed E-state index contributed by atoms with van der Waals surface area (Å²) in [6.07, 6.45) is 3.08. The van der Waals surface area contributed by atoms with E-state index in [1.807, 2.05) is 6.92 Å². The molecule has 0 aliphatic rings. The average molecular weight is 302 g/mol. The monoisotopic (exact) mass is 302 g/mol. The van der Waals surface area contributed by atoms with Crippen molar-refractivity contribution in [3.63, 3.8) is 0 Å². The van der Waals surface area contributed by atoms with E-state index < -0.39 is 0 Å². The van der Waals surface area contributed by atoms with Crippen molar-refractivity contribution in [2.24, 2.45) is 0 Å². The third-order valence-electron chi connectivity index (χ3n) is 2.98. The van der Waals surface area contributed by atoms with Gasteiger partial charge in [0, 0.05) is 25.9 Å². The molecule has 2 rings (SSSR count). The van der Waals surface area contributed by atoms with Crippen molar-refractivity contribution >= 4 is 17.6 Å². The number of carbonyl (C=O) groups is 2. The van der Waals surface area contributed by atoms with Crippen molar-refractivity contribution in [2.45, 2.75) is 13.5 Å². The summed E-state index contributed by atoms with van der Waals surface area (Å²) in [5, 5.41) is 12.1. The number of hydrogen-bond donors (Lipinski definition) is 3. The number of nitrogens with one attached hydrogen (secondary N) is 3. The predicted octanol–water partition coefficient (Wildman–Crippen LogP) is 1.14. The Bertz CT molecular complexity index is 679. The van der Waals surface area contributed by atoms with E-state index in [0.29, 0.717) is 16.9 Å². The molecule has 3 amide bonds. The lowest BCUT2D eigenvalue weighted by Gasteiger charge is -2.12. The van der Waals surface area contributed by atoms with Crippen LogP contribution in [0.5, 0.6) is 0 Å². The minimum absolute atomic E-state index is 0.217. The Balaban J connectivity index is 2.03. The van der Waals surface area contributed by atoms with Crippen LogP contribution in [-0.2, 0) is 6.54 Å². The highest BCUT2D eigenvalue weighted by atomic mass is 16.2. The molecule has 2 aromatic heterocycles. The van der Waals surface area contributed by atoms with Crippen LogP contribution in [0.25, 0.3) is 0 Å². The van der Waals surface area contributed by atoms with Crippen molar-refractivity contribution in [1.29, 1.82) is 0 Å². The Morgan fingerprint density at radius 1 is 1.36 bits per heavy atom. The number of aromatic nitrogens is 3. The minimum atomic E-state index is -0.257. The lowest BCUT2D eigenvalue weighted by Crippen LogP contribution is -2.34. The molecule has 2 aromatic rings. The van der Waals surface area contributed by atoms with Crippen LogP contribution >= 0.6 is 0 Å². The van der Waals surface area contributed by atoms with Gasteiger partial charge in [-0.3, -0.25) is 14.9 Å². The van der Waals surface area contributed by atoms with Gasteiger partial charge in [0.05, 0.1) is 29.8 Å². The number of carbonyl (C=O) groups excluding carboxylic acids is 2. The molecule has 3 N–H and O–H groups in total. The number of nitrogens with zero attached hydrogens (tertiary/aromatic N) is 3. The number of H-pyrrole nitrogens is 1. The van der Waals surface area contributed by atoms with Crippen molar-refractivity contribution in [1.82, 2.24) is 25.4 Å². The molecule has 0 bridgehead atoms. The first-order valence-electron chi connectivity index (χ1n) is 6.69. The zero-order chi connectivity index (χ0) is 16.1. The van der Waals surface area contributed by atoms with Crippen LogP contribution in [0.4, 0.5) is 10.5 Å². The van der Waals surface area contributed by atoms with E-state index in [1.54, 1.807) is 32.4 Å². The van der Waals surface area contributed by atoms with E-state index in [0.717, 1.165) is 5.69 Å². The van der Waals surface area contributed by atoms with Gasteiger partial charge in [0.2, 0.25) is 0 Å². The van der Waals surface area contributed by atoms with E-state index in [2.05, 4.69) is 25.8 Å². The van der Waals surface area contributed by atoms with Crippen LogP contribution < -0.4 is 10.6 Å². The van der Waals surface area contributed by atoms with Crippen molar-refractivity contribution in [3.8, 4) is 0 Å². The first kappa shape index (κ1) is 15.5. The highest BCUT2D eigenvalue weighted by Crippen LogP contribution is 2.12. The van der Waals surface area contributed by atoms with Gasteiger partial charge in [0.1, 0.15) is 0 Å². The maximum absolute atomic E-state index is 12.2. The fraction of sp³-hybridized carbons (Fsp3) is 0.286. The molecule has 0 aliphatic carbocycles. The Hall–Kier alpha value is -2.90. The summed E-state index contributed by atoms with van der Waals surface area (Å²) in [5.74, 6) is -0.257. The lowest BCUT2D eigenvalue weighted by molar-refractivity contribution is 0.102. The fourth-order valence-electron chi connectivity index (χ4n) is 1.71. The summed E-state index contributed by atoms with van der Waals surface area (Å²) in [6, 6.07) is 3.04. The Morgan fingerprint density at radius 3 is 2.77 bits per heavy atom. The number of hydrogen-bond acceptors (Lipinski definition) is 4. The second-order valence-electron chi connectivity index (χ2n) is 4.95. The summed E-state index contributed by atoms with van der Waals surface area (Å²) in [6.45, 7) is 2.07. The summed E-state index contributed by atoms with van der Waals surface area (Å²) < 4.78 is 0. The number of urea groups is 1. The molecule has 8 heteroatoms. The van der Waals surface area contributed by atoms with Gasteiger partial charge in [-0.15, -0.1) is 0 Å². The molecule has 0 aromatic carbocycles. The number of amides is 3. The summed E-state index contributed by atoms with van der Waals surface area (Å²) in [4.78, 5) is 29.2. The van der Waals surface area contributed by atoms with Gasteiger partial charge in [-0.2, -0.15) is 5.10 Å². The second-order valence-corrected chi connectivity index (χ2v) is 4.95. The maximum atomic E-state index is 12.2. The normalized spacial score (nSPS) is 10.1. The first-order chi connectivity index (χ1) is 10.5. The number of pyridine rings is 1. The SMILES string of the molecule is Cc1[nH]ncc1NC(=O)c1ccnc(CNC(=O)N(C)C)c1. The zero-order valence-electron chi connectivity index (χ0n) is 12.7. The van der Waals surface area contributed by atoms with E-state index in [9.17, 15) is 9.59 Å². The molecule has 0 fully saturated rings. The molecule has 0 aliphatic heterocycles. The first-order valence-corrected chi connectivity index (χ1v) is 6.69. The summed E-state index contributed by atoms with van der Waals surface area (Å²) >= 11 is 0. The van der Waals surface area contributed by atoms with E-state index >= 15 is 0 Å². The van der Waals surface area contributed by atoms with Crippen LogP contribution in [0.1, 0.15) is 21.7 Å². The molecule has 0 atom stereocenters. The third kappa shape index (κ3) is 3.81. The lowest BCUT2D eigenvalue weighted by atomic mass is 10.2. The molecule has 0 saturated carbocycles. The van der Waals surface area contributed by atoms with Crippen molar-refractivity contribution in [3.05, 3.63) is 41.5 Å². The van der Waals surface area contributed by atoms with Gasteiger partial charge in [-0.05, 0) is 19.1 Å². The number of aryl methyl sites for hydroxylation is 1. The molecule has 0 saturated heterocycles. The smallest absolute Gasteiger partial charge is 0.317 e. The maximum Gasteiger partial charge on any atom is 0.317 e. The highest BCUT2D eigenvalue weighted by molar-refractivity contribution is 6.04. The quantitative estimate of drug-likeness (QED) is 0.788. The van der Waals surface area contributed by atoms with Gasteiger partial charge in [0.25, 0.3) is 5.91 Å². The predicted molar refractivity (Wildman–Crippen MR) is 81.4 cm³/mol. The average Bonchev–Trinajstić information content (AvgIpc) is 2.90. The summed E-state index contributed by atoms with van der Waals surface area (Å²) in [7, 11) is 3.31. The molecule has 8 nitrogen and oxygen atoms in total. The largest absolute Gasteiger partial charge is 0.332 e. The van der Waals surface area contributed by atoms with Crippen LogP contribution in [0.3, 0.4) is 0 Å². The summed E-state index contributed by atoms with van der Waals surface area (Å²) in [5.41, 5.74) is 2.47. The molecule has 0 radical (unpaired) electrons. The standard InChI is InChI=1S/C14H18N6O2/c1-9-12(8-17-19-9)18-13(21)10-4-5-15-11(6-10)7-16-14(22)20(2)3/h4-6,8H,7H2,1-3H3,(H,16,22)(H,17,19)(H,18,21). The van der Waals surface area contributed by atoms with Crippen molar-refractivity contribution < 1.29 is 9.59 Å². The van der Waals surface area contributed by atoms with Crippen LogP contribution in [0.2, 0.25) is 0 Å². The molecule has 116 valence electrons. The zero-order valence-corrected chi connectivity index (χ0v) is 12.7. The molecule has 2 heterocycles. The fourth-order valence-corrected chi connectivity index (χ4v) is 1.71. The van der Waals surface area contributed by atoms with Gasteiger partial charge in [-0.25, -0.2) is 4.79 Å². The third-order valence-corrected chi connectivity index (χ3v) is 2.98. The van der Waals surface area contributed by atoms with E-state index in [4.69, 9.17) is 0 Å². The van der Waals surface area contributed by atoms with Crippen LogP contribution in [-0.4, -0.2) is 46.1 Å². The molecular formula is C14H18N6O2. The van der Waals surface area contributed by atoms with Gasteiger partial charge in [-0.1, -0.05) is 0 Å². The number of anilines is 1. The van der Waals surface area contributed by atoms with E-state index in [1.165, 1.54) is 11.1 Å². The van der Waals surface area contributed by atoms with E-state index in [-0.39, 0.29) is 18.5 Å². The van der Waals surface area contributed by atoms with Gasteiger partial charge < -0.3 is 15.5 Å². The Morgan fingerprint density at radius 2 is 2.14 bits per heavy atom. The highest BCUT2D eigenvalue weighted by Gasteiger charge is 2.10. The molecular weight excluding hydrogens is 284 g/mol. The Kier molecular flexibility index (Phi) is 4.72. The van der Waals surface area contributed by atoms with Gasteiger partial charge in [0.15, 0.2) is 0 Å². The molecule has 22 heavy (non-hydrogen) atoms. The topological polar surface area (TPSA) is 103 Å². The molecule has 0 unspecified atom stereocenters. The molecule has 0 spiro atoms. The Labute approximate surface area is 127 Å². The second kappa shape index (κ2) is 6.70. The van der Waals surface area contributed by atoms with Crippen molar-refractivity contribution in [2.75, 3.05) is 19.4 Å². The van der Waals surface area contributed by atoms with Gasteiger partial charge >= 0.3 is 6.03 Å². The number of rotatable bonds is 4. The van der Waals surface area contributed by atoms with Crippen LogP contribution in [0.15, 0.2) is 24.5 Å². The number of aromatic amines is 1.